The van der Waals surface area contributed by atoms with Gasteiger partial charge < -0.3 is 5.32 Å². The second-order valence-electron chi connectivity index (χ2n) is 1.17. The van der Waals surface area contributed by atoms with Gasteiger partial charge in [0.25, 0.3) is 0 Å². The molecule has 0 aromatic carbocycles. The maximum atomic E-state index is 4.10. The molecule has 0 unspecified atom stereocenters. The van der Waals surface area contributed by atoms with Crippen LogP contribution >= 0.6 is 11.8 Å². The molecule has 1 aliphatic rings. The van der Waals surface area contributed by atoms with E-state index in [1.807, 2.05) is 11.8 Å². The fraction of sp³-hybridized carbons (Fsp3) is 0.750. The van der Waals surface area contributed by atoms with Gasteiger partial charge in [-0.2, -0.15) is 0 Å². The van der Waals surface area contributed by atoms with E-state index in [4.69, 9.17) is 0 Å². The van der Waals surface area contributed by atoms with Gasteiger partial charge in [-0.3, -0.25) is 0 Å². The minimum Gasteiger partial charge on any atom is -0.620 e. The predicted octanol–water partition coefficient (Wildman–Crippen LogP) is 1.27. The summed E-state index contributed by atoms with van der Waals surface area (Å²) in [6.07, 6.45) is 0. The van der Waals surface area contributed by atoms with E-state index in [1.54, 1.807) is 0 Å². The molecule has 0 aliphatic carbocycles. The van der Waals surface area contributed by atoms with Gasteiger partial charge in [0.1, 0.15) is 5.75 Å². The Labute approximate surface area is 42.5 Å². The molecule has 0 bridgehead atoms. The first-order valence-electron chi connectivity index (χ1n) is 2.07. The molecule has 0 amide bonds. The number of nitrogens with zero attached hydrogens (tertiary/aromatic N) is 1. The van der Waals surface area contributed by atoms with Crippen molar-refractivity contribution in [2.24, 2.45) is 0 Å². The Balaban J connectivity index is 2.00. The molecule has 1 nitrogen and oxygen atoms in total. The highest BCUT2D eigenvalue weighted by molar-refractivity contribution is 8.01. The monoisotopic (exact) mass is 101 g/mol. The minimum absolute atomic E-state index is 0.963. The van der Waals surface area contributed by atoms with Gasteiger partial charge in [0.2, 0.25) is 0 Å². The van der Waals surface area contributed by atoms with Crippen molar-refractivity contribution >= 4 is 11.8 Å². The molecule has 0 radical (unpaired) electrons. The Kier molecular flexibility index (Phi) is 1.71. The zero-order valence-electron chi connectivity index (χ0n) is 3.55. The second-order valence-corrected chi connectivity index (χ2v) is 2.24. The summed E-state index contributed by atoms with van der Waals surface area (Å²) in [5, 5.41) is 4.10. The molecule has 1 rings (SSSR count). The van der Waals surface area contributed by atoms with Crippen LogP contribution in [0.3, 0.4) is 0 Å². The van der Waals surface area contributed by atoms with Crippen LogP contribution in [0.1, 0.15) is 0 Å². The van der Waals surface area contributed by atoms with E-state index >= 15 is 0 Å². The quantitative estimate of drug-likeness (QED) is 0.419. The molecule has 1 fully saturated rings. The van der Waals surface area contributed by atoms with Crippen LogP contribution < -0.4 is 0 Å². The van der Waals surface area contributed by atoms with Gasteiger partial charge in [-0.05, 0) is 0 Å². The third-order valence-corrected chi connectivity index (χ3v) is 1.49. The molecule has 2 heteroatoms. The lowest BCUT2D eigenvalue weighted by Crippen LogP contribution is -1.97. The van der Waals surface area contributed by atoms with Crippen LogP contribution in [-0.2, 0) is 0 Å². The van der Waals surface area contributed by atoms with Gasteiger partial charge in [0.15, 0.2) is 0 Å². The molecular weight excluding hydrogens is 94.1 g/mol. The van der Waals surface area contributed by atoms with E-state index in [-0.39, 0.29) is 0 Å². The molecule has 0 N–H and O–H groups in total. The maximum Gasteiger partial charge on any atom is 0.122 e. The average molecular weight is 101 g/mol. The summed E-state index contributed by atoms with van der Waals surface area (Å²) in [4.78, 5) is 0. The maximum absolute atomic E-state index is 4.10. The lowest BCUT2D eigenvalue weighted by molar-refractivity contribution is 1.16. The zero-order valence-corrected chi connectivity index (χ0v) is 4.37. The van der Waals surface area contributed by atoms with Gasteiger partial charge in [0.05, 0.1) is 11.8 Å². The number of hydrogen-bond donors (Lipinski definition) is 0. The predicted molar refractivity (Wildman–Crippen MR) is 29.9 cm³/mol. The molecular formula is C4H7NS. The fourth-order valence-corrected chi connectivity index (χ4v) is 1.01. The van der Waals surface area contributed by atoms with Crippen LogP contribution in [0.5, 0.6) is 0 Å². The van der Waals surface area contributed by atoms with Crippen LogP contribution in [0.25, 0.3) is 5.32 Å². The lowest BCUT2D eigenvalue weighted by Gasteiger charge is -2.14. The molecule has 0 atom stereocenters. The highest BCUT2D eigenvalue weighted by atomic mass is 32.2. The fourth-order valence-electron chi connectivity index (χ4n) is 0.397. The summed E-state index contributed by atoms with van der Waals surface area (Å²) in [5.74, 6) is 3.34. The summed E-state index contributed by atoms with van der Waals surface area (Å²) < 4.78 is 0. The third-order valence-electron chi connectivity index (χ3n) is 0.689. The molecule has 1 heterocycles. The summed E-state index contributed by atoms with van der Waals surface area (Å²) in [6.45, 7) is 2.02. The molecule has 0 aromatic heterocycles. The highest BCUT2D eigenvalue weighted by Gasteiger charge is 1.95. The van der Waals surface area contributed by atoms with Crippen molar-refractivity contribution in [3.8, 4) is 0 Å². The van der Waals surface area contributed by atoms with E-state index in [9.17, 15) is 0 Å². The Bertz CT molecular complexity index is 23.0. The number of rotatable bonds is 0. The average Bonchev–Trinajstić information content (AvgIpc) is 1.72. The molecule has 0 aromatic rings. The van der Waals surface area contributed by atoms with E-state index < -0.39 is 0 Å². The molecule has 34 valence electrons. The Morgan fingerprint density at radius 2 is 2.67 bits per heavy atom. The smallest absolute Gasteiger partial charge is 0.122 e. The largest absolute Gasteiger partial charge is 0.620 e. The van der Waals surface area contributed by atoms with E-state index in [2.05, 4.69) is 11.1 Å². The van der Waals surface area contributed by atoms with Crippen LogP contribution in [0.2, 0.25) is 0 Å². The standard InChI is InChI=1S/C4H7NS/c1-3-6-4-2-5-1/h3H,1-2,4H2. The van der Waals surface area contributed by atoms with Gasteiger partial charge in [0, 0.05) is 12.3 Å². The van der Waals surface area contributed by atoms with Crippen LogP contribution in [-0.4, -0.2) is 18.8 Å². The van der Waals surface area contributed by atoms with Gasteiger partial charge in [-0.15, -0.1) is 6.54 Å². The van der Waals surface area contributed by atoms with Crippen molar-refractivity contribution < 1.29 is 0 Å². The second kappa shape index (κ2) is 2.37. The van der Waals surface area contributed by atoms with Crippen molar-refractivity contribution in [1.82, 2.24) is 0 Å². The summed E-state index contributed by atoms with van der Waals surface area (Å²) in [7, 11) is 0. The first-order valence-corrected chi connectivity index (χ1v) is 3.11. The first kappa shape index (κ1) is 4.34. The minimum atomic E-state index is 0.963. The Morgan fingerprint density at radius 1 is 1.67 bits per heavy atom. The third kappa shape index (κ3) is 1.11. The number of hydrogen-bond acceptors (Lipinski definition) is 1. The molecule has 0 saturated carbocycles. The molecule has 1 saturated heterocycles. The number of thioether (sulfide) groups is 1. The van der Waals surface area contributed by atoms with Gasteiger partial charge in [-0.1, -0.05) is 0 Å². The summed E-state index contributed by atoms with van der Waals surface area (Å²) >= 11 is 1.88. The Morgan fingerprint density at radius 3 is 2.83 bits per heavy atom. The molecule has 1 aliphatic heterocycles. The summed E-state index contributed by atoms with van der Waals surface area (Å²) in [6, 6.07) is 0. The van der Waals surface area contributed by atoms with Gasteiger partial charge >= 0.3 is 0 Å². The van der Waals surface area contributed by atoms with E-state index in [0.717, 1.165) is 13.1 Å². The SMILES string of the molecule is [CH+]1C[N-]CCS1. The van der Waals surface area contributed by atoms with Crippen LogP contribution in [0, 0.1) is 5.75 Å². The zero-order chi connectivity index (χ0) is 4.24. The normalized spacial score (nSPS) is 22.7. The molecule has 0 spiro atoms. The van der Waals surface area contributed by atoms with E-state index in [1.165, 1.54) is 5.75 Å². The van der Waals surface area contributed by atoms with E-state index in [0.29, 0.717) is 0 Å². The van der Waals surface area contributed by atoms with Crippen molar-refractivity contribution in [3.63, 3.8) is 0 Å². The lowest BCUT2D eigenvalue weighted by atomic mass is 10.6. The van der Waals surface area contributed by atoms with Gasteiger partial charge in [-0.25, -0.2) is 0 Å². The van der Waals surface area contributed by atoms with Crippen molar-refractivity contribution in [3.05, 3.63) is 11.1 Å². The first-order chi connectivity index (χ1) is 3.00. The van der Waals surface area contributed by atoms with Crippen molar-refractivity contribution in [2.75, 3.05) is 18.8 Å². The van der Waals surface area contributed by atoms with Crippen molar-refractivity contribution in [1.29, 1.82) is 0 Å². The molecule has 6 heavy (non-hydrogen) atoms. The van der Waals surface area contributed by atoms with Crippen LogP contribution in [0.4, 0.5) is 0 Å². The Hall–Kier alpha value is 0.180. The highest BCUT2D eigenvalue weighted by Crippen LogP contribution is 2.12. The van der Waals surface area contributed by atoms with Crippen LogP contribution in [0.15, 0.2) is 0 Å². The summed E-state index contributed by atoms with van der Waals surface area (Å²) in [5.41, 5.74) is 0. The van der Waals surface area contributed by atoms with Crippen molar-refractivity contribution in [2.45, 2.75) is 0 Å². The topological polar surface area (TPSA) is 14.1 Å².